The second kappa shape index (κ2) is 9.99. The van der Waals surface area contributed by atoms with Gasteiger partial charge in [0.25, 0.3) is 5.91 Å². The smallest absolute Gasteiger partial charge is 0.287 e. The number of carbonyl (C=O) groups is 3. The number of thiazole rings is 1. The molecular weight excluding hydrogens is 460 g/mol. The molecule has 29 heavy (non-hydrogen) atoms. The molecule has 150 valence electrons. The molecule has 10 heteroatoms. The Morgan fingerprint density at radius 1 is 1.03 bits per heavy atom. The minimum absolute atomic E-state index is 0.109. The van der Waals surface area contributed by atoms with Gasteiger partial charge in [-0.25, -0.2) is 4.98 Å². The van der Waals surface area contributed by atoms with Crippen LogP contribution < -0.4 is 16.0 Å². The van der Waals surface area contributed by atoms with Crippen molar-refractivity contribution in [3.8, 4) is 0 Å². The summed E-state index contributed by atoms with van der Waals surface area (Å²) >= 11 is 4.77. The molecule has 0 spiro atoms. The second-order valence-corrected chi connectivity index (χ2v) is 7.95. The van der Waals surface area contributed by atoms with E-state index in [1.54, 1.807) is 12.3 Å². The van der Waals surface area contributed by atoms with Gasteiger partial charge in [0.2, 0.25) is 11.8 Å². The number of amides is 3. The first-order chi connectivity index (χ1) is 14.0. The summed E-state index contributed by atoms with van der Waals surface area (Å²) in [4.78, 5) is 40.6. The van der Waals surface area contributed by atoms with E-state index in [2.05, 4.69) is 36.9 Å². The summed E-state index contributed by atoms with van der Waals surface area (Å²) in [5.41, 5.74) is 1.14. The van der Waals surface area contributed by atoms with E-state index in [1.807, 2.05) is 24.3 Å². The van der Waals surface area contributed by atoms with Crippen LogP contribution in [0.2, 0.25) is 0 Å². The molecule has 0 saturated carbocycles. The van der Waals surface area contributed by atoms with Gasteiger partial charge in [0.1, 0.15) is 0 Å². The fourth-order valence-corrected chi connectivity index (χ4v) is 3.44. The summed E-state index contributed by atoms with van der Waals surface area (Å²) < 4.78 is 5.94. The van der Waals surface area contributed by atoms with Crippen LogP contribution in [0.25, 0.3) is 0 Å². The molecule has 8 nitrogen and oxygen atoms in total. The number of nitrogens with zero attached hydrogens (tertiary/aromatic N) is 1. The predicted octanol–water partition coefficient (Wildman–Crippen LogP) is 2.57. The minimum Gasteiger partial charge on any atom is -0.459 e. The third kappa shape index (κ3) is 6.54. The Morgan fingerprint density at radius 2 is 1.79 bits per heavy atom. The molecule has 3 rings (SSSR count). The molecule has 0 saturated heterocycles. The summed E-state index contributed by atoms with van der Waals surface area (Å²) in [5.74, 6) is -1.29. The van der Waals surface area contributed by atoms with E-state index in [0.717, 1.165) is 14.9 Å². The molecule has 0 fully saturated rings. The number of carbonyl (C=O) groups excluding carboxylic acids is 3. The SMILES string of the molecule is O=C(CNC(=O)c1ccco1)NCC(=O)Nc1ncc(Cc2ccc(Br)cc2)s1. The predicted molar refractivity (Wildman–Crippen MR) is 112 cm³/mol. The lowest BCUT2D eigenvalue weighted by atomic mass is 10.1. The molecule has 0 atom stereocenters. The normalized spacial score (nSPS) is 10.4. The van der Waals surface area contributed by atoms with Crippen molar-refractivity contribution in [3.63, 3.8) is 0 Å². The molecule has 0 aliphatic heterocycles. The number of rotatable bonds is 8. The average Bonchev–Trinajstić information content (AvgIpc) is 3.39. The highest BCUT2D eigenvalue weighted by atomic mass is 79.9. The van der Waals surface area contributed by atoms with Gasteiger partial charge < -0.3 is 20.4 Å². The molecule has 1 aromatic carbocycles. The van der Waals surface area contributed by atoms with Crippen LogP contribution in [-0.4, -0.2) is 35.8 Å². The van der Waals surface area contributed by atoms with Crippen LogP contribution in [0.5, 0.6) is 0 Å². The maximum atomic E-state index is 12.0. The van der Waals surface area contributed by atoms with E-state index >= 15 is 0 Å². The van der Waals surface area contributed by atoms with Crippen molar-refractivity contribution in [1.82, 2.24) is 15.6 Å². The lowest BCUT2D eigenvalue weighted by Crippen LogP contribution is -2.40. The molecule has 0 radical (unpaired) electrons. The zero-order valence-corrected chi connectivity index (χ0v) is 17.5. The molecule has 0 unspecified atom stereocenters. The van der Waals surface area contributed by atoms with Crippen LogP contribution in [0.4, 0.5) is 5.13 Å². The Hall–Kier alpha value is -2.98. The topological polar surface area (TPSA) is 113 Å². The molecule has 3 N–H and O–H groups in total. The highest BCUT2D eigenvalue weighted by Gasteiger charge is 2.12. The molecule has 3 aromatic rings. The first-order valence-corrected chi connectivity index (χ1v) is 10.2. The van der Waals surface area contributed by atoms with Gasteiger partial charge in [-0.3, -0.25) is 14.4 Å². The van der Waals surface area contributed by atoms with E-state index in [1.165, 1.54) is 23.7 Å². The number of hydrogen-bond donors (Lipinski definition) is 3. The lowest BCUT2D eigenvalue weighted by molar-refractivity contribution is -0.123. The summed E-state index contributed by atoms with van der Waals surface area (Å²) in [6, 6.07) is 11.0. The molecule has 2 aromatic heterocycles. The van der Waals surface area contributed by atoms with Gasteiger partial charge in [0.15, 0.2) is 10.9 Å². The highest BCUT2D eigenvalue weighted by Crippen LogP contribution is 2.22. The van der Waals surface area contributed by atoms with Crippen LogP contribution in [0.1, 0.15) is 21.0 Å². The fraction of sp³-hybridized carbons (Fsp3) is 0.158. The summed E-state index contributed by atoms with van der Waals surface area (Å²) in [6.45, 7) is -0.488. The standard InChI is InChI=1S/C19H17BrN4O4S/c20-13-5-3-12(4-6-13)8-14-9-23-19(29-14)24-17(26)11-21-16(25)10-22-18(27)15-2-1-7-28-15/h1-7,9H,8,10-11H2,(H,21,25)(H,22,27)(H,23,24,26). The third-order valence-corrected chi connectivity index (χ3v) is 5.13. The van der Waals surface area contributed by atoms with Gasteiger partial charge in [-0.1, -0.05) is 28.1 Å². The van der Waals surface area contributed by atoms with E-state index in [0.29, 0.717) is 11.6 Å². The third-order valence-electron chi connectivity index (χ3n) is 3.69. The number of benzene rings is 1. The average molecular weight is 477 g/mol. The van der Waals surface area contributed by atoms with Crippen LogP contribution >= 0.6 is 27.3 Å². The molecule has 0 aliphatic rings. The monoisotopic (exact) mass is 476 g/mol. The van der Waals surface area contributed by atoms with Crippen molar-refractivity contribution < 1.29 is 18.8 Å². The number of nitrogens with one attached hydrogen (secondary N) is 3. The number of hydrogen-bond acceptors (Lipinski definition) is 6. The van der Waals surface area contributed by atoms with E-state index in [9.17, 15) is 14.4 Å². The molecule has 0 bridgehead atoms. The molecule has 2 heterocycles. The first-order valence-electron chi connectivity index (χ1n) is 8.57. The van der Waals surface area contributed by atoms with Crippen molar-refractivity contribution in [2.24, 2.45) is 0 Å². The lowest BCUT2D eigenvalue weighted by Gasteiger charge is -2.06. The van der Waals surface area contributed by atoms with Gasteiger partial charge in [-0.05, 0) is 29.8 Å². The van der Waals surface area contributed by atoms with Crippen molar-refractivity contribution in [3.05, 3.63) is 69.5 Å². The van der Waals surface area contributed by atoms with Gasteiger partial charge in [0, 0.05) is 22.0 Å². The largest absolute Gasteiger partial charge is 0.459 e. The van der Waals surface area contributed by atoms with Crippen molar-refractivity contribution in [2.45, 2.75) is 6.42 Å². The Kier molecular flexibility index (Phi) is 7.14. The van der Waals surface area contributed by atoms with E-state index in [4.69, 9.17) is 4.42 Å². The van der Waals surface area contributed by atoms with Crippen molar-refractivity contribution >= 4 is 50.1 Å². The molecule has 0 aliphatic carbocycles. The number of furan rings is 1. The molecular formula is C19H17BrN4O4S. The van der Waals surface area contributed by atoms with Crippen molar-refractivity contribution in [1.29, 1.82) is 0 Å². The van der Waals surface area contributed by atoms with Crippen LogP contribution in [0, 0.1) is 0 Å². The van der Waals surface area contributed by atoms with E-state index in [-0.39, 0.29) is 18.8 Å². The summed E-state index contributed by atoms with van der Waals surface area (Å²) in [6.07, 6.45) is 3.79. The fourth-order valence-electron chi connectivity index (χ4n) is 2.31. The zero-order chi connectivity index (χ0) is 20.6. The van der Waals surface area contributed by atoms with Gasteiger partial charge >= 0.3 is 0 Å². The van der Waals surface area contributed by atoms with Crippen molar-refractivity contribution in [2.75, 3.05) is 18.4 Å². The summed E-state index contributed by atoms with van der Waals surface area (Å²) in [5, 5.41) is 7.93. The Morgan fingerprint density at radius 3 is 2.52 bits per heavy atom. The highest BCUT2D eigenvalue weighted by molar-refractivity contribution is 9.10. The van der Waals surface area contributed by atoms with Crippen LogP contribution in [0.15, 0.2) is 57.7 Å². The minimum atomic E-state index is -0.504. The van der Waals surface area contributed by atoms with Gasteiger partial charge in [0.05, 0.1) is 19.4 Å². The number of halogens is 1. The molecule has 3 amide bonds. The second-order valence-electron chi connectivity index (χ2n) is 5.92. The van der Waals surface area contributed by atoms with Gasteiger partial charge in [-0.2, -0.15) is 0 Å². The maximum Gasteiger partial charge on any atom is 0.287 e. The first kappa shape index (κ1) is 20.7. The van der Waals surface area contributed by atoms with E-state index < -0.39 is 17.7 Å². The number of aromatic nitrogens is 1. The van der Waals surface area contributed by atoms with Gasteiger partial charge in [-0.15, -0.1) is 11.3 Å². The Labute approximate surface area is 178 Å². The Balaban J connectivity index is 1.39. The number of anilines is 1. The quantitative estimate of drug-likeness (QED) is 0.462. The summed E-state index contributed by atoms with van der Waals surface area (Å²) in [7, 11) is 0. The Bertz CT molecular complexity index is 986. The van der Waals surface area contributed by atoms with Crippen LogP contribution in [0.3, 0.4) is 0 Å². The zero-order valence-electron chi connectivity index (χ0n) is 15.1. The van der Waals surface area contributed by atoms with Crippen LogP contribution in [-0.2, 0) is 16.0 Å². The maximum absolute atomic E-state index is 12.0.